The van der Waals surface area contributed by atoms with Crippen molar-refractivity contribution in [1.29, 1.82) is 0 Å². The van der Waals surface area contributed by atoms with Gasteiger partial charge in [0.1, 0.15) is 10.1 Å². The van der Waals surface area contributed by atoms with E-state index in [9.17, 15) is 4.79 Å². The summed E-state index contributed by atoms with van der Waals surface area (Å²) in [6, 6.07) is 3.59. The van der Waals surface area contributed by atoms with E-state index in [1.165, 1.54) is 11.8 Å². The zero-order valence-corrected chi connectivity index (χ0v) is 11.6. The minimum Gasteiger partial charge on any atom is -0.465 e. The van der Waals surface area contributed by atoms with E-state index >= 15 is 0 Å². The Hall–Kier alpha value is -1.11. The fourth-order valence-electron chi connectivity index (χ4n) is 1.56. The zero-order chi connectivity index (χ0) is 13.0. The smallest absolute Gasteiger partial charge is 0.266 e. The molecule has 0 unspecified atom stereocenters. The highest BCUT2D eigenvalue weighted by Gasteiger charge is 2.31. The number of rotatable bonds is 5. The first-order chi connectivity index (χ1) is 8.72. The number of hydrogen-bond donors (Lipinski definition) is 0. The minimum atomic E-state index is -0.0579. The molecule has 2 heterocycles. The molecule has 1 fully saturated rings. The number of ether oxygens (including phenoxy) is 1. The lowest BCUT2D eigenvalue weighted by molar-refractivity contribution is -0.122. The molecule has 0 aliphatic carbocycles. The van der Waals surface area contributed by atoms with Gasteiger partial charge < -0.3 is 9.15 Å². The Morgan fingerprint density at radius 3 is 3.11 bits per heavy atom. The number of furan rings is 1. The van der Waals surface area contributed by atoms with Crippen LogP contribution in [-0.4, -0.2) is 35.4 Å². The van der Waals surface area contributed by atoms with Crippen molar-refractivity contribution < 1.29 is 13.9 Å². The van der Waals surface area contributed by atoms with Crippen molar-refractivity contribution in [3.63, 3.8) is 0 Å². The van der Waals surface area contributed by atoms with E-state index in [0.29, 0.717) is 28.1 Å². The van der Waals surface area contributed by atoms with Crippen LogP contribution in [0.2, 0.25) is 0 Å². The lowest BCUT2D eigenvalue weighted by Crippen LogP contribution is -2.29. The van der Waals surface area contributed by atoms with Crippen LogP contribution >= 0.6 is 24.0 Å². The van der Waals surface area contributed by atoms with Gasteiger partial charge in [0.05, 0.1) is 11.2 Å². The molecule has 0 radical (unpaired) electrons. The first-order valence-electron chi connectivity index (χ1n) is 5.50. The van der Waals surface area contributed by atoms with E-state index in [2.05, 4.69) is 0 Å². The van der Waals surface area contributed by atoms with Crippen molar-refractivity contribution in [1.82, 2.24) is 4.90 Å². The van der Waals surface area contributed by atoms with Gasteiger partial charge in [0.15, 0.2) is 0 Å². The van der Waals surface area contributed by atoms with Crippen LogP contribution in [0.4, 0.5) is 0 Å². The second-order valence-corrected chi connectivity index (χ2v) is 5.37. The van der Waals surface area contributed by atoms with Crippen LogP contribution in [0.15, 0.2) is 27.7 Å². The van der Waals surface area contributed by atoms with Gasteiger partial charge in [-0.1, -0.05) is 24.0 Å². The monoisotopic (exact) mass is 283 g/mol. The standard InChI is InChI=1S/C12H13NO3S2/c1-15-6-3-5-13-11(14)10(18-12(13)17)8-9-4-2-7-16-9/h2,4,7-8H,3,5-6H2,1H3/b10-8-. The highest BCUT2D eigenvalue weighted by Crippen LogP contribution is 2.32. The van der Waals surface area contributed by atoms with Gasteiger partial charge in [0, 0.05) is 26.3 Å². The van der Waals surface area contributed by atoms with Gasteiger partial charge in [-0.15, -0.1) is 0 Å². The third-order valence-corrected chi connectivity index (χ3v) is 3.80. The van der Waals surface area contributed by atoms with Crippen LogP contribution < -0.4 is 0 Å². The highest BCUT2D eigenvalue weighted by molar-refractivity contribution is 8.26. The van der Waals surface area contributed by atoms with Crippen molar-refractivity contribution in [2.75, 3.05) is 20.3 Å². The number of carbonyl (C=O) groups is 1. The summed E-state index contributed by atoms with van der Waals surface area (Å²) in [4.78, 5) is 14.3. The Morgan fingerprint density at radius 2 is 2.44 bits per heavy atom. The maximum atomic E-state index is 12.1. The zero-order valence-electron chi connectivity index (χ0n) is 9.92. The molecule has 0 saturated carbocycles. The Balaban J connectivity index is 2.04. The Kier molecular flexibility index (Phi) is 4.57. The quantitative estimate of drug-likeness (QED) is 0.472. The summed E-state index contributed by atoms with van der Waals surface area (Å²) in [5.74, 6) is 0.602. The molecule has 0 spiro atoms. The number of thiocarbonyl (C=S) groups is 1. The normalized spacial score (nSPS) is 18.1. The van der Waals surface area contributed by atoms with Crippen molar-refractivity contribution in [3.8, 4) is 0 Å². The number of nitrogens with zero attached hydrogens (tertiary/aromatic N) is 1. The molecule has 1 aliphatic heterocycles. The van der Waals surface area contributed by atoms with E-state index in [1.54, 1.807) is 36.5 Å². The summed E-state index contributed by atoms with van der Waals surface area (Å²) in [6.07, 6.45) is 4.07. The molecular weight excluding hydrogens is 270 g/mol. The molecule has 0 N–H and O–H groups in total. The van der Waals surface area contributed by atoms with Crippen LogP contribution in [0.1, 0.15) is 12.2 Å². The summed E-state index contributed by atoms with van der Waals surface area (Å²) in [5, 5.41) is 0. The number of methoxy groups -OCH3 is 1. The first kappa shape index (κ1) is 13.3. The fourth-order valence-corrected chi connectivity index (χ4v) is 2.85. The van der Waals surface area contributed by atoms with E-state index < -0.39 is 0 Å². The molecule has 0 aromatic carbocycles. The average Bonchev–Trinajstić information content (AvgIpc) is 2.93. The number of hydrogen-bond acceptors (Lipinski definition) is 5. The second-order valence-electron chi connectivity index (χ2n) is 3.70. The molecule has 0 bridgehead atoms. The van der Waals surface area contributed by atoms with E-state index in [1.807, 2.05) is 0 Å². The maximum absolute atomic E-state index is 12.1. The number of carbonyl (C=O) groups excluding carboxylic acids is 1. The molecule has 1 aromatic rings. The van der Waals surface area contributed by atoms with Gasteiger partial charge in [-0.3, -0.25) is 9.69 Å². The molecule has 0 atom stereocenters. The number of amides is 1. The van der Waals surface area contributed by atoms with Crippen LogP contribution in [0.25, 0.3) is 6.08 Å². The minimum absolute atomic E-state index is 0.0579. The van der Waals surface area contributed by atoms with E-state index in [0.717, 1.165) is 6.42 Å². The Bertz CT molecular complexity index is 468. The van der Waals surface area contributed by atoms with Gasteiger partial charge in [-0.05, 0) is 18.6 Å². The predicted molar refractivity (Wildman–Crippen MR) is 75.1 cm³/mol. The molecular formula is C12H13NO3S2. The Labute approximate surface area is 115 Å². The first-order valence-corrected chi connectivity index (χ1v) is 6.72. The molecule has 1 amide bonds. The third kappa shape index (κ3) is 3.01. The van der Waals surface area contributed by atoms with Crippen molar-refractivity contribution in [2.24, 2.45) is 0 Å². The summed E-state index contributed by atoms with van der Waals surface area (Å²) < 4.78 is 10.7. The second kappa shape index (κ2) is 6.17. The average molecular weight is 283 g/mol. The van der Waals surface area contributed by atoms with Crippen LogP contribution in [0, 0.1) is 0 Å². The summed E-state index contributed by atoms with van der Waals surface area (Å²) in [5.41, 5.74) is 0. The lowest BCUT2D eigenvalue weighted by Gasteiger charge is -2.13. The van der Waals surface area contributed by atoms with Crippen molar-refractivity contribution in [2.45, 2.75) is 6.42 Å². The molecule has 1 saturated heterocycles. The number of thioether (sulfide) groups is 1. The summed E-state index contributed by atoms with van der Waals surface area (Å²) >= 11 is 6.50. The Morgan fingerprint density at radius 1 is 1.61 bits per heavy atom. The van der Waals surface area contributed by atoms with Crippen LogP contribution in [0.5, 0.6) is 0 Å². The third-order valence-electron chi connectivity index (χ3n) is 2.42. The van der Waals surface area contributed by atoms with Crippen LogP contribution in [-0.2, 0) is 9.53 Å². The lowest BCUT2D eigenvalue weighted by atomic mass is 10.3. The molecule has 1 aromatic heterocycles. The molecule has 2 rings (SSSR count). The molecule has 1 aliphatic rings. The van der Waals surface area contributed by atoms with Crippen molar-refractivity contribution in [3.05, 3.63) is 29.1 Å². The maximum Gasteiger partial charge on any atom is 0.266 e. The van der Waals surface area contributed by atoms with Crippen molar-refractivity contribution >= 4 is 40.3 Å². The summed E-state index contributed by atoms with van der Waals surface area (Å²) in [7, 11) is 1.64. The van der Waals surface area contributed by atoms with E-state index in [-0.39, 0.29) is 5.91 Å². The van der Waals surface area contributed by atoms with Gasteiger partial charge in [-0.25, -0.2) is 0 Å². The molecule has 18 heavy (non-hydrogen) atoms. The van der Waals surface area contributed by atoms with Gasteiger partial charge in [0.2, 0.25) is 0 Å². The fraction of sp³-hybridized carbons (Fsp3) is 0.333. The van der Waals surface area contributed by atoms with E-state index in [4.69, 9.17) is 21.4 Å². The summed E-state index contributed by atoms with van der Waals surface area (Å²) in [6.45, 7) is 1.21. The molecule has 4 nitrogen and oxygen atoms in total. The molecule has 6 heteroatoms. The SMILES string of the molecule is COCCCN1C(=O)/C(=C/c2ccco2)SC1=S. The van der Waals surface area contributed by atoms with Gasteiger partial charge in [0.25, 0.3) is 5.91 Å². The van der Waals surface area contributed by atoms with Gasteiger partial charge >= 0.3 is 0 Å². The molecule has 96 valence electrons. The van der Waals surface area contributed by atoms with Gasteiger partial charge in [-0.2, -0.15) is 0 Å². The largest absolute Gasteiger partial charge is 0.465 e. The predicted octanol–water partition coefficient (Wildman–Crippen LogP) is 2.52. The highest BCUT2D eigenvalue weighted by atomic mass is 32.2. The van der Waals surface area contributed by atoms with Crippen LogP contribution in [0.3, 0.4) is 0 Å². The topological polar surface area (TPSA) is 42.7 Å².